The van der Waals surface area contributed by atoms with Crippen molar-refractivity contribution >= 4 is 35.1 Å². The normalized spacial score (nSPS) is 10.8. The highest BCUT2D eigenvalue weighted by Gasteiger charge is 2.27. The number of esters is 1. The lowest BCUT2D eigenvalue weighted by Gasteiger charge is -2.20. The molecule has 7 heteroatoms. The van der Waals surface area contributed by atoms with Gasteiger partial charge in [-0.1, -0.05) is 65.7 Å². The first-order chi connectivity index (χ1) is 16.8. The predicted molar refractivity (Wildman–Crippen MR) is 141 cm³/mol. The van der Waals surface area contributed by atoms with Gasteiger partial charge in [0.1, 0.15) is 0 Å². The number of rotatable bonds is 6. The summed E-state index contributed by atoms with van der Waals surface area (Å²) in [4.78, 5) is 26.2. The number of aromatic nitrogens is 1. The number of hydrogen-bond acceptors (Lipinski definition) is 3. The lowest BCUT2D eigenvalue weighted by molar-refractivity contribution is 0.0527. The third-order valence-corrected chi connectivity index (χ3v) is 6.09. The summed E-state index contributed by atoms with van der Waals surface area (Å²) in [5.74, 6) is -0.741. The molecule has 0 saturated carbocycles. The second-order valence-electron chi connectivity index (χ2n) is 7.92. The van der Waals surface area contributed by atoms with E-state index in [0.717, 1.165) is 5.56 Å². The van der Waals surface area contributed by atoms with Gasteiger partial charge in [-0.3, -0.25) is 4.79 Å². The summed E-state index contributed by atoms with van der Waals surface area (Å²) in [5.41, 5.74) is 4.85. The maximum atomic E-state index is 13.2. The average Bonchev–Trinajstić information content (AvgIpc) is 3.24. The van der Waals surface area contributed by atoms with Crippen LogP contribution in [0.25, 0.3) is 28.2 Å². The SMILES string of the molecule is CCOC(=O)c1cc(-c2ccccc2)n(-c2cc(Cl)cc(C)c2C(=O)NC)c1-c1cccc(Cl)c1. The highest BCUT2D eigenvalue weighted by atomic mass is 35.5. The van der Waals surface area contributed by atoms with E-state index in [1.54, 1.807) is 44.3 Å². The number of amides is 1. The van der Waals surface area contributed by atoms with Crippen LogP contribution >= 0.6 is 23.2 Å². The number of ether oxygens (including phenoxy) is 1. The van der Waals surface area contributed by atoms with Gasteiger partial charge in [0.05, 0.1) is 34.8 Å². The molecule has 4 rings (SSSR count). The Bertz CT molecular complexity index is 1410. The lowest BCUT2D eigenvalue weighted by Crippen LogP contribution is -2.22. The van der Waals surface area contributed by atoms with E-state index in [-0.39, 0.29) is 12.5 Å². The van der Waals surface area contributed by atoms with Crippen molar-refractivity contribution in [3.63, 3.8) is 0 Å². The number of carbonyl (C=O) groups excluding carboxylic acids is 2. The molecule has 0 spiro atoms. The van der Waals surface area contributed by atoms with Crippen LogP contribution in [0.3, 0.4) is 0 Å². The van der Waals surface area contributed by atoms with E-state index in [2.05, 4.69) is 5.32 Å². The van der Waals surface area contributed by atoms with Crippen molar-refractivity contribution in [2.45, 2.75) is 13.8 Å². The Kier molecular flexibility index (Phi) is 7.29. The molecule has 5 nitrogen and oxygen atoms in total. The molecule has 0 radical (unpaired) electrons. The number of nitrogens with one attached hydrogen (secondary N) is 1. The average molecular weight is 507 g/mol. The zero-order chi connectivity index (χ0) is 25.1. The maximum Gasteiger partial charge on any atom is 0.340 e. The van der Waals surface area contributed by atoms with Crippen molar-refractivity contribution in [1.29, 1.82) is 0 Å². The fourth-order valence-electron chi connectivity index (χ4n) is 4.19. The van der Waals surface area contributed by atoms with Crippen molar-refractivity contribution in [1.82, 2.24) is 9.88 Å². The van der Waals surface area contributed by atoms with Gasteiger partial charge < -0.3 is 14.6 Å². The van der Waals surface area contributed by atoms with Crippen LogP contribution in [0.4, 0.5) is 0 Å². The van der Waals surface area contributed by atoms with Crippen LogP contribution in [0.2, 0.25) is 10.0 Å². The molecule has 0 saturated heterocycles. The minimum atomic E-state index is -0.473. The molecule has 1 aromatic heterocycles. The van der Waals surface area contributed by atoms with Crippen LogP contribution < -0.4 is 5.32 Å². The van der Waals surface area contributed by atoms with Gasteiger partial charge in [-0.15, -0.1) is 0 Å². The summed E-state index contributed by atoms with van der Waals surface area (Å²) in [7, 11) is 1.58. The molecular weight excluding hydrogens is 483 g/mol. The molecule has 1 heterocycles. The van der Waals surface area contributed by atoms with Crippen LogP contribution in [0, 0.1) is 6.92 Å². The van der Waals surface area contributed by atoms with Gasteiger partial charge in [-0.05, 0) is 55.3 Å². The van der Waals surface area contributed by atoms with Crippen LogP contribution in [-0.4, -0.2) is 30.1 Å². The quantitative estimate of drug-likeness (QED) is 0.287. The molecule has 0 bridgehead atoms. The second kappa shape index (κ2) is 10.4. The number of halogens is 2. The Morgan fingerprint density at radius 1 is 0.914 bits per heavy atom. The van der Waals surface area contributed by atoms with Crippen molar-refractivity contribution in [3.05, 3.63) is 99.5 Å². The van der Waals surface area contributed by atoms with Crippen molar-refractivity contribution < 1.29 is 14.3 Å². The molecule has 35 heavy (non-hydrogen) atoms. The monoisotopic (exact) mass is 506 g/mol. The molecule has 1 N–H and O–H groups in total. The smallest absolute Gasteiger partial charge is 0.340 e. The largest absolute Gasteiger partial charge is 0.462 e. The number of benzene rings is 3. The second-order valence-corrected chi connectivity index (χ2v) is 8.79. The Balaban J connectivity index is 2.20. The van der Waals surface area contributed by atoms with Gasteiger partial charge in [0.25, 0.3) is 5.91 Å². The summed E-state index contributed by atoms with van der Waals surface area (Å²) in [6.07, 6.45) is 0. The predicted octanol–water partition coefficient (Wildman–Crippen LogP) is 6.96. The van der Waals surface area contributed by atoms with Crippen LogP contribution in [0.15, 0.2) is 72.8 Å². The molecule has 0 atom stereocenters. The summed E-state index contributed by atoms with van der Waals surface area (Å²) in [5, 5.41) is 3.70. The lowest BCUT2D eigenvalue weighted by atomic mass is 10.0. The Hall–Kier alpha value is -3.54. The fourth-order valence-corrected chi connectivity index (χ4v) is 4.65. The van der Waals surface area contributed by atoms with Crippen LogP contribution in [0.1, 0.15) is 33.2 Å². The van der Waals surface area contributed by atoms with Gasteiger partial charge in [0, 0.05) is 22.7 Å². The number of nitrogens with zero attached hydrogens (tertiary/aromatic N) is 1. The summed E-state index contributed by atoms with van der Waals surface area (Å²) in [6.45, 7) is 3.81. The topological polar surface area (TPSA) is 60.3 Å². The molecule has 1 amide bonds. The van der Waals surface area contributed by atoms with Crippen LogP contribution in [-0.2, 0) is 4.74 Å². The highest BCUT2D eigenvalue weighted by Crippen LogP contribution is 2.39. The van der Waals surface area contributed by atoms with E-state index in [4.69, 9.17) is 27.9 Å². The molecule has 3 aromatic carbocycles. The number of hydrogen-bond donors (Lipinski definition) is 1. The Morgan fingerprint density at radius 2 is 1.63 bits per heavy atom. The summed E-state index contributed by atoms with van der Waals surface area (Å²) >= 11 is 12.9. The van der Waals surface area contributed by atoms with E-state index in [0.29, 0.717) is 49.4 Å². The first-order valence-corrected chi connectivity index (χ1v) is 11.9. The highest BCUT2D eigenvalue weighted by molar-refractivity contribution is 6.31. The third kappa shape index (κ3) is 4.83. The zero-order valence-corrected chi connectivity index (χ0v) is 21.1. The molecular formula is C28H24Cl2N2O3. The molecule has 0 fully saturated rings. The van der Waals surface area contributed by atoms with E-state index in [1.165, 1.54) is 0 Å². The van der Waals surface area contributed by atoms with Crippen LogP contribution in [0.5, 0.6) is 0 Å². The number of carbonyl (C=O) groups is 2. The Morgan fingerprint density at radius 3 is 2.29 bits per heavy atom. The molecule has 0 aliphatic rings. The minimum absolute atomic E-state index is 0.222. The first kappa shape index (κ1) is 24.6. The van der Waals surface area contributed by atoms with E-state index >= 15 is 0 Å². The van der Waals surface area contributed by atoms with Gasteiger partial charge in [0.2, 0.25) is 0 Å². The maximum absolute atomic E-state index is 13.2. The summed E-state index contributed by atoms with van der Waals surface area (Å²) < 4.78 is 7.30. The van der Waals surface area contributed by atoms with E-state index in [9.17, 15) is 9.59 Å². The van der Waals surface area contributed by atoms with Crippen molar-refractivity contribution in [2.75, 3.05) is 13.7 Å². The standard InChI is InChI=1S/C28H24Cl2N2O3/c1-4-35-28(34)22-16-23(18-9-6-5-7-10-18)32(26(22)19-11-8-12-20(29)14-19)24-15-21(30)13-17(2)25(24)27(33)31-3/h5-16H,4H2,1-3H3,(H,31,33). The van der Waals surface area contributed by atoms with Crippen molar-refractivity contribution in [2.24, 2.45) is 0 Å². The Labute approximate surface area is 214 Å². The zero-order valence-electron chi connectivity index (χ0n) is 19.6. The molecule has 0 aliphatic heterocycles. The van der Waals surface area contributed by atoms with Gasteiger partial charge in [-0.25, -0.2) is 4.79 Å². The summed E-state index contributed by atoms with van der Waals surface area (Å²) in [6, 6.07) is 22.1. The minimum Gasteiger partial charge on any atom is -0.462 e. The first-order valence-electron chi connectivity index (χ1n) is 11.1. The van der Waals surface area contributed by atoms with Gasteiger partial charge in [-0.2, -0.15) is 0 Å². The molecule has 178 valence electrons. The van der Waals surface area contributed by atoms with Gasteiger partial charge >= 0.3 is 5.97 Å². The number of aryl methyl sites for hydroxylation is 1. The molecule has 0 aliphatic carbocycles. The van der Waals surface area contributed by atoms with E-state index < -0.39 is 5.97 Å². The molecule has 0 unspecified atom stereocenters. The fraction of sp³-hybridized carbons (Fsp3) is 0.143. The molecule has 4 aromatic rings. The van der Waals surface area contributed by atoms with Crippen molar-refractivity contribution in [3.8, 4) is 28.2 Å². The third-order valence-electron chi connectivity index (χ3n) is 5.64. The van der Waals surface area contributed by atoms with Gasteiger partial charge in [0.15, 0.2) is 0 Å². The van der Waals surface area contributed by atoms with E-state index in [1.807, 2.05) is 54.0 Å².